The van der Waals surface area contributed by atoms with E-state index in [2.05, 4.69) is 205 Å². The monoisotopic (exact) mass is 651 g/mol. The molecule has 1 aliphatic rings. The third-order valence-electron chi connectivity index (χ3n) is 10.5. The molecule has 0 fully saturated rings. The van der Waals surface area contributed by atoms with Crippen LogP contribution in [0.4, 0.5) is 17.1 Å². The summed E-state index contributed by atoms with van der Waals surface area (Å²) in [6.45, 7) is 0. The van der Waals surface area contributed by atoms with Crippen molar-refractivity contribution in [2.45, 2.75) is 5.41 Å². The summed E-state index contributed by atoms with van der Waals surface area (Å²) >= 11 is 0. The van der Waals surface area contributed by atoms with Crippen LogP contribution in [-0.4, -0.2) is 0 Å². The zero-order valence-corrected chi connectivity index (χ0v) is 27.9. The van der Waals surface area contributed by atoms with E-state index < -0.39 is 5.41 Å². The number of furan rings is 1. The van der Waals surface area contributed by atoms with Crippen LogP contribution in [0.1, 0.15) is 22.3 Å². The van der Waals surface area contributed by atoms with Crippen LogP contribution in [0, 0.1) is 0 Å². The van der Waals surface area contributed by atoms with Gasteiger partial charge < -0.3 is 9.32 Å². The lowest BCUT2D eigenvalue weighted by molar-refractivity contribution is 0.666. The highest BCUT2D eigenvalue weighted by Gasteiger charge is 2.46. The molecule has 0 radical (unpaired) electrons. The van der Waals surface area contributed by atoms with Crippen molar-refractivity contribution in [3.63, 3.8) is 0 Å². The predicted molar refractivity (Wildman–Crippen MR) is 211 cm³/mol. The van der Waals surface area contributed by atoms with Crippen molar-refractivity contribution in [3.05, 3.63) is 222 Å². The number of para-hydroxylation sites is 2. The van der Waals surface area contributed by atoms with Gasteiger partial charge in [-0.15, -0.1) is 0 Å². The first-order valence-electron chi connectivity index (χ1n) is 17.5. The molecule has 1 aliphatic carbocycles. The molecule has 1 aromatic heterocycles. The molecule has 0 bridgehead atoms. The number of anilines is 3. The van der Waals surface area contributed by atoms with E-state index in [1.54, 1.807) is 0 Å². The Morgan fingerprint density at radius 2 is 0.902 bits per heavy atom. The third kappa shape index (κ3) is 4.50. The molecule has 0 amide bonds. The molecule has 0 unspecified atom stereocenters. The third-order valence-corrected chi connectivity index (χ3v) is 10.5. The van der Waals surface area contributed by atoms with Crippen LogP contribution < -0.4 is 4.90 Å². The number of hydrogen-bond donors (Lipinski definition) is 0. The smallest absolute Gasteiger partial charge is 0.136 e. The van der Waals surface area contributed by atoms with Gasteiger partial charge >= 0.3 is 0 Å². The summed E-state index contributed by atoms with van der Waals surface area (Å²) in [6, 6.07) is 71.9. The fourth-order valence-corrected chi connectivity index (χ4v) is 8.39. The summed E-state index contributed by atoms with van der Waals surface area (Å²) < 4.78 is 6.77. The minimum Gasteiger partial charge on any atom is -0.456 e. The largest absolute Gasteiger partial charge is 0.456 e. The van der Waals surface area contributed by atoms with Gasteiger partial charge in [-0.05, 0) is 99.1 Å². The minimum atomic E-state index is -0.469. The van der Waals surface area contributed by atoms with Crippen molar-refractivity contribution in [1.29, 1.82) is 0 Å². The molecule has 2 nitrogen and oxygen atoms in total. The summed E-state index contributed by atoms with van der Waals surface area (Å²) in [5, 5.41) is 2.27. The quantitative estimate of drug-likeness (QED) is 0.178. The van der Waals surface area contributed by atoms with Crippen molar-refractivity contribution in [3.8, 4) is 22.3 Å². The number of nitrogens with zero attached hydrogens (tertiary/aromatic N) is 1. The van der Waals surface area contributed by atoms with Gasteiger partial charge in [0.05, 0.1) is 5.41 Å². The predicted octanol–water partition coefficient (Wildman–Crippen LogP) is 13.1. The van der Waals surface area contributed by atoms with Crippen molar-refractivity contribution in [2.75, 3.05) is 4.90 Å². The molecule has 1 heterocycles. The molecule has 0 saturated carbocycles. The molecule has 8 aromatic carbocycles. The molecule has 0 spiro atoms. The molecule has 9 aromatic rings. The molecular formula is C49H33NO. The van der Waals surface area contributed by atoms with Gasteiger partial charge in [0.1, 0.15) is 11.2 Å². The van der Waals surface area contributed by atoms with Gasteiger partial charge in [-0.1, -0.05) is 146 Å². The maximum Gasteiger partial charge on any atom is 0.136 e. The summed E-state index contributed by atoms with van der Waals surface area (Å²) in [6.07, 6.45) is 0. The normalized spacial score (nSPS) is 12.9. The molecule has 240 valence electrons. The van der Waals surface area contributed by atoms with E-state index in [1.165, 1.54) is 33.4 Å². The first-order valence-corrected chi connectivity index (χ1v) is 17.5. The summed E-state index contributed by atoms with van der Waals surface area (Å²) in [7, 11) is 0. The lowest BCUT2D eigenvalue weighted by atomic mass is 9.67. The van der Waals surface area contributed by atoms with E-state index in [4.69, 9.17) is 4.42 Å². The minimum absolute atomic E-state index is 0.469. The average molecular weight is 652 g/mol. The van der Waals surface area contributed by atoms with Crippen LogP contribution in [0.3, 0.4) is 0 Å². The Balaban J connectivity index is 1.16. The average Bonchev–Trinajstić information content (AvgIpc) is 3.72. The van der Waals surface area contributed by atoms with Gasteiger partial charge in [-0.25, -0.2) is 0 Å². The number of benzene rings is 8. The Hall–Kier alpha value is -6.64. The Bertz CT molecular complexity index is 2580. The van der Waals surface area contributed by atoms with Gasteiger partial charge in [0.25, 0.3) is 0 Å². The highest BCUT2D eigenvalue weighted by atomic mass is 16.3. The molecule has 2 heteroatoms. The molecule has 0 N–H and O–H groups in total. The van der Waals surface area contributed by atoms with Crippen LogP contribution in [0.5, 0.6) is 0 Å². The van der Waals surface area contributed by atoms with E-state index in [0.717, 1.165) is 50.1 Å². The second-order valence-corrected chi connectivity index (χ2v) is 13.3. The second-order valence-electron chi connectivity index (χ2n) is 13.3. The zero-order chi connectivity index (χ0) is 33.8. The van der Waals surface area contributed by atoms with Crippen LogP contribution in [0.25, 0.3) is 44.2 Å². The maximum atomic E-state index is 6.77. The first-order chi connectivity index (χ1) is 25.3. The lowest BCUT2D eigenvalue weighted by Gasteiger charge is -2.33. The highest BCUT2D eigenvalue weighted by Crippen LogP contribution is 2.57. The van der Waals surface area contributed by atoms with Gasteiger partial charge in [-0.2, -0.15) is 0 Å². The fourth-order valence-electron chi connectivity index (χ4n) is 8.39. The van der Waals surface area contributed by atoms with Crippen molar-refractivity contribution < 1.29 is 4.42 Å². The van der Waals surface area contributed by atoms with E-state index in [0.29, 0.717) is 0 Å². The SMILES string of the molecule is c1ccc(N(c2ccccc2)c2ccc(-c3cccc4oc5cc6c(cc5c34)-c3ccccc3C6(c3ccccc3)c3ccccc3)cc2)cc1. The van der Waals surface area contributed by atoms with E-state index in [-0.39, 0.29) is 0 Å². The Morgan fingerprint density at radius 1 is 0.373 bits per heavy atom. The fraction of sp³-hybridized carbons (Fsp3) is 0.0204. The summed E-state index contributed by atoms with van der Waals surface area (Å²) in [5.41, 5.74) is 14.5. The second kappa shape index (κ2) is 11.8. The first kappa shape index (κ1) is 29.3. The van der Waals surface area contributed by atoms with Crippen LogP contribution in [-0.2, 0) is 5.41 Å². The molecular weight excluding hydrogens is 619 g/mol. The Labute approximate surface area is 297 Å². The standard InChI is InChI=1S/C49H33NO/c1-5-16-35(17-6-1)49(36-18-7-2-8-19-36)44-26-14-13-24-41(44)42-32-43-47(33-45(42)49)51-46-27-15-25-40(48(43)46)34-28-30-39(31-29-34)50(37-20-9-3-10-21-37)38-22-11-4-12-23-38/h1-33H. The topological polar surface area (TPSA) is 16.4 Å². The Kier molecular flexibility index (Phi) is 6.75. The van der Waals surface area contributed by atoms with Gasteiger partial charge in [0.15, 0.2) is 0 Å². The zero-order valence-electron chi connectivity index (χ0n) is 27.9. The Morgan fingerprint density at radius 3 is 1.53 bits per heavy atom. The van der Waals surface area contributed by atoms with Gasteiger partial charge in [0, 0.05) is 27.8 Å². The van der Waals surface area contributed by atoms with Crippen LogP contribution in [0.15, 0.2) is 205 Å². The molecule has 0 atom stereocenters. The lowest BCUT2D eigenvalue weighted by Crippen LogP contribution is -2.28. The van der Waals surface area contributed by atoms with Crippen LogP contribution >= 0.6 is 0 Å². The van der Waals surface area contributed by atoms with E-state index >= 15 is 0 Å². The number of hydrogen-bond acceptors (Lipinski definition) is 2. The van der Waals surface area contributed by atoms with E-state index in [1.807, 2.05) is 0 Å². The number of rotatable bonds is 6. The molecule has 10 rings (SSSR count). The van der Waals surface area contributed by atoms with Crippen LogP contribution in [0.2, 0.25) is 0 Å². The molecule has 0 saturated heterocycles. The van der Waals surface area contributed by atoms with Gasteiger partial charge in [0.2, 0.25) is 0 Å². The van der Waals surface area contributed by atoms with E-state index in [9.17, 15) is 0 Å². The van der Waals surface area contributed by atoms with Crippen molar-refractivity contribution >= 4 is 39.0 Å². The molecule has 51 heavy (non-hydrogen) atoms. The highest BCUT2D eigenvalue weighted by molar-refractivity contribution is 6.14. The summed E-state index contributed by atoms with van der Waals surface area (Å²) in [5.74, 6) is 0. The molecule has 0 aliphatic heterocycles. The number of fused-ring (bicyclic) bond motifs is 6. The maximum absolute atomic E-state index is 6.77. The summed E-state index contributed by atoms with van der Waals surface area (Å²) in [4.78, 5) is 2.30. The van der Waals surface area contributed by atoms with Crippen molar-refractivity contribution in [2.24, 2.45) is 0 Å². The van der Waals surface area contributed by atoms with Gasteiger partial charge in [-0.3, -0.25) is 0 Å². The van der Waals surface area contributed by atoms with Crippen molar-refractivity contribution in [1.82, 2.24) is 0 Å².